The molecule has 35 heavy (non-hydrogen) atoms. The zero-order valence-corrected chi connectivity index (χ0v) is 20.3. The van der Waals surface area contributed by atoms with Crippen molar-refractivity contribution >= 4 is 11.5 Å². The number of benzene rings is 2. The van der Waals surface area contributed by atoms with E-state index in [1.165, 1.54) is 5.57 Å². The van der Waals surface area contributed by atoms with Gasteiger partial charge in [-0.3, -0.25) is 4.90 Å². The number of anilines is 2. The van der Waals surface area contributed by atoms with Crippen molar-refractivity contribution in [1.29, 1.82) is 0 Å². The van der Waals surface area contributed by atoms with Crippen molar-refractivity contribution in [3.8, 4) is 11.6 Å². The molecule has 0 radical (unpaired) electrons. The topological polar surface area (TPSA) is 55.2 Å². The second-order valence-electron chi connectivity index (χ2n) is 9.21. The Bertz CT molecular complexity index is 1300. The van der Waals surface area contributed by atoms with Crippen molar-refractivity contribution < 1.29 is 4.74 Å². The molecule has 1 aliphatic rings. The van der Waals surface area contributed by atoms with E-state index in [9.17, 15) is 0 Å². The highest BCUT2D eigenvalue weighted by molar-refractivity contribution is 5.59. The zero-order valence-electron chi connectivity index (χ0n) is 20.3. The highest BCUT2D eigenvalue weighted by atomic mass is 16.5. The fourth-order valence-electron chi connectivity index (χ4n) is 4.26. The molecule has 0 aliphatic carbocycles. The van der Waals surface area contributed by atoms with Gasteiger partial charge in [-0.05, 0) is 62.2 Å². The molecule has 1 aliphatic heterocycles. The Balaban J connectivity index is 1.37. The number of imidazole rings is 1. The van der Waals surface area contributed by atoms with Crippen molar-refractivity contribution in [3.63, 3.8) is 0 Å². The number of hydrogen-bond acceptors (Lipinski definition) is 5. The maximum Gasteiger partial charge on any atom is 0.220 e. The highest BCUT2D eigenvalue weighted by Gasteiger charge is 2.25. The maximum absolute atomic E-state index is 6.51. The number of fused-ring (bicyclic) bond motifs is 1. The summed E-state index contributed by atoms with van der Waals surface area (Å²) in [4.78, 5) is 11.6. The Labute approximate surface area is 206 Å². The van der Waals surface area contributed by atoms with Crippen LogP contribution in [0.15, 0.2) is 91.4 Å². The van der Waals surface area contributed by atoms with Crippen molar-refractivity contribution in [1.82, 2.24) is 19.4 Å². The molecule has 5 rings (SSSR count). The lowest BCUT2D eigenvalue weighted by Crippen LogP contribution is -2.29. The highest BCUT2D eigenvalue weighted by Crippen LogP contribution is 2.32. The number of hydrogen-bond donors (Lipinski definition) is 1. The first-order chi connectivity index (χ1) is 17.0. The summed E-state index contributed by atoms with van der Waals surface area (Å²) in [7, 11) is 0. The van der Waals surface area contributed by atoms with Gasteiger partial charge in [-0.25, -0.2) is 4.98 Å². The zero-order chi connectivity index (χ0) is 24.2. The molecule has 0 spiro atoms. The molecule has 2 aromatic heterocycles. The van der Waals surface area contributed by atoms with Crippen molar-refractivity contribution in [2.45, 2.75) is 32.9 Å². The molecule has 178 valence electrons. The van der Waals surface area contributed by atoms with E-state index in [-0.39, 0.29) is 6.10 Å². The molecule has 1 N–H and O–H groups in total. The van der Waals surface area contributed by atoms with Crippen LogP contribution in [0.5, 0.6) is 5.88 Å². The van der Waals surface area contributed by atoms with Gasteiger partial charge in [0.05, 0.1) is 12.0 Å². The third-order valence-corrected chi connectivity index (χ3v) is 6.19. The third-order valence-electron chi connectivity index (χ3n) is 6.19. The lowest BCUT2D eigenvalue weighted by Gasteiger charge is -2.24. The normalized spacial score (nSPS) is 15.7. The third kappa shape index (κ3) is 5.61. The number of rotatable bonds is 7. The lowest BCUT2D eigenvalue weighted by atomic mass is 10.1. The van der Waals surface area contributed by atoms with Crippen molar-refractivity contribution in [2.24, 2.45) is 0 Å². The van der Waals surface area contributed by atoms with Gasteiger partial charge in [-0.1, -0.05) is 35.9 Å². The standard InChI is InChI=1S/C29H31N5O/c1-21(2)15-16-33-18-24-9-14-28(32-29(24)35-27(19-33)23-7-5-4-6-8-23)31-25-10-12-26(13-11-25)34-17-22(3)30-20-34/h4-14,17,20,27H,1,15-16,18-19H2,2-3H3,(H,31,32). The molecule has 3 heterocycles. The van der Waals surface area contributed by atoms with E-state index in [2.05, 4.69) is 71.2 Å². The molecule has 0 fully saturated rings. The molecule has 1 unspecified atom stereocenters. The van der Waals surface area contributed by atoms with Crippen LogP contribution in [-0.2, 0) is 6.54 Å². The first-order valence-corrected chi connectivity index (χ1v) is 12.0. The summed E-state index contributed by atoms with van der Waals surface area (Å²) in [5.41, 5.74) is 6.48. The van der Waals surface area contributed by atoms with E-state index >= 15 is 0 Å². The minimum absolute atomic E-state index is 0.0803. The van der Waals surface area contributed by atoms with E-state index in [1.54, 1.807) is 0 Å². The van der Waals surface area contributed by atoms with Gasteiger partial charge in [-0.15, -0.1) is 6.58 Å². The summed E-state index contributed by atoms with van der Waals surface area (Å²) in [5, 5.41) is 3.42. The van der Waals surface area contributed by atoms with Crippen LogP contribution >= 0.6 is 0 Å². The van der Waals surface area contributed by atoms with E-state index < -0.39 is 0 Å². The number of nitrogens with zero attached hydrogens (tertiary/aromatic N) is 4. The Hall–Kier alpha value is -3.90. The van der Waals surface area contributed by atoms with Gasteiger partial charge in [0.1, 0.15) is 11.9 Å². The number of aryl methyl sites for hydroxylation is 1. The van der Waals surface area contributed by atoms with Crippen LogP contribution in [0.2, 0.25) is 0 Å². The second-order valence-corrected chi connectivity index (χ2v) is 9.21. The molecule has 0 amide bonds. The summed E-state index contributed by atoms with van der Waals surface area (Å²) < 4.78 is 8.52. The van der Waals surface area contributed by atoms with Crippen LogP contribution < -0.4 is 10.1 Å². The number of aromatic nitrogens is 3. The van der Waals surface area contributed by atoms with Crippen molar-refractivity contribution in [2.75, 3.05) is 18.4 Å². The Kier molecular flexibility index (Phi) is 6.64. The molecule has 0 saturated carbocycles. The fraction of sp³-hybridized carbons (Fsp3) is 0.241. The van der Waals surface area contributed by atoms with Crippen molar-refractivity contribution in [3.05, 3.63) is 108 Å². The van der Waals surface area contributed by atoms with Crippen LogP contribution in [0.3, 0.4) is 0 Å². The largest absolute Gasteiger partial charge is 0.468 e. The van der Waals surface area contributed by atoms with E-state index in [0.29, 0.717) is 5.88 Å². The molecule has 1 atom stereocenters. The molecule has 0 saturated heterocycles. The van der Waals surface area contributed by atoms with Crippen LogP contribution in [0.25, 0.3) is 5.69 Å². The quantitative estimate of drug-likeness (QED) is 0.328. The molecule has 2 aromatic carbocycles. The lowest BCUT2D eigenvalue weighted by molar-refractivity contribution is 0.145. The molecule has 6 nitrogen and oxygen atoms in total. The van der Waals surface area contributed by atoms with Gasteiger partial charge in [-0.2, -0.15) is 4.98 Å². The summed E-state index contributed by atoms with van der Waals surface area (Å²) >= 11 is 0. The molecule has 0 bridgehead atoms. The average molecular weight is 466 g/mol. The summed E-state index contributed by atoms with van der Waals surface area (Å²) in [6.07, 6.45) is 4.73. The van der Waals surface area contributed by atoms with Gasteiger partial charge in [0, 0.05) is 42.8 Å². The van der Waals surface area contributed by atoms with Gasteiger partial charge >= 0.3 is 0 Å². The van der Waals surface area contributed by atoms with E-state index in [4.69, 9.17) is 9.72 Å². The Morgan fingerprint density at radius 2 is 1.89 bits per heavy atom. The van der Waals surface area contributed by atoms with E-state index in [0.717, 1.165) is 60.1 Å². The number of nitrogens with one attached hydrogen (secondary N) is 1. The predicted octanol–water partition coefficient (Wildman–Crippen LogP) is 6.22. The maximum atomic E-state index is 6.51. The number of pyridine rings is 1. The Morgan fingerprint density at radius 3 is 2.60 bits per heavy atom. The number of ether oxygens (including phenoxy) is 1. The van der Waals surface area contributed by atoms with Crippen LogP contribution in [-0.4, -0.2) is 32.5 Å². The molecule has 6 heteroatoms. The summed E-state index contributed by atoms with van der Waals surface area (Å²) in [6, 6.07) is 22.8. The fourth-order valence-corrected chi connectivity index (χ4v) is 4.26. The first-order valence-electron chi connectivity index (χ1n) is 12.0. The molecule has 4 aromatic rings. The minimum Gasteiger partial charge on any atom is -0.468 e. The first kappa shape index (κ1) is 22.9. The second kappa shape index (κ2) is 10.2. The van der Waals surface area contributed by atoms with Crippen LogP contribution in [0, 0.1) is 6.92 Å². The van der Waals surface area contributed by atoms with Gasteiger partial charge in [0.2, 0.25) is 5.88 Å². The Morgan fingerprint density at radius 1 is 1.09 bits per heavy atom. The van der Waals surface area contributed by atoms with Gasteiger partial charge in [0.15, 0.2) is 0 Å². The smallest absolute Gasteiger partial charge is 0.220 e. The summed E-state index contributed by atoms with van der Waals surface area (Å²) in [5.74, 6) is 1.45. The average Bonchev–Trinajstić information content (AvgIpc) is 3.21. The van der Waals surface area contributed by atoms with Crippen LogP contribution in [0.4, 0.5) is 11.5 Å². The predicted molar refractivity (Wildman–Crippen MR) is 140 cm³/mol. The molecular weight excluding hydrogens is 434 g/mol. The van der Waals surface area contributed by atoms with Gasteiger partial charge < -0.3 is 14.6 Å². The van der Waals surface area contributed by atoms with Gasteiger partial charge in [0.25, 0.3) is 0 Å². The SMILES string of the molecule is C=C(C)CCN1Cc2ccc(Nc3ccc(-n4cnc(C)c4)cc3)nc2OC(c2ccccc2)C1. The monoisotopic (exact) mass is 465 g/mol. The minimum atomic E-state index is -0.0803. The molecular formula is C29H31N5O. The van der Waals surface area contributed by atoms with E-state index in [1.807, 2.05) is 48.3 Å². The van der Waals surface area contributed by atoms with Crippen LogP contribution in [0.1, 0.15) is 36.3 Å². The summed E-state index contributed by atoms with van der Waals surface area (Å²) in [6.45, 7) is 10.7.